The summed E-state index contributed by atoms with van der Waals surface area (Å²) in [6.07, 6.45) is 0. The molecule has 0 saturated heterocycles. The lowest BCUT2D eigenvalue weighted by Crippen LogP contribution is -2.08. The first-order valence-corrected chi connectivity index (χ1v) is 6.05. The molecule has 0 aliphatic rings. The number of nitrogen functional groups attached to an aromatic ring is 1. The Bertz CT molecular complexity index is 656. The predicted molar refractivity (Wildman–Crippen MR) is 71.8 cm³/mol. The second kappa shape index (κ2) is 5.69. The number of carbonyl (C=O) groups excluding carboxylic acids is 1. The van der Waals surface area contributed by atoms with Crippen molar-refractivity contribution in [3.8, 4) is 5.75 Å². The van der Waals surface area contributed by atoms with Gasteiger partial charge in [0.05, 0.1) is 17.9 Å². The van der Waals surface area contributed by atoms with Crippen molar-refractivity contribution in [2.24, 2.45) is 0 Å². The molecule has 0 aliphatic heterocycles. The van der Waals surface area contributed by atoms with Crippen molar-refractivity contribution in [2.75, 3.05) is 12.3 Å². The highest BCUT2D eigenvalue weighted by molar-refractivity contribution is 6.11. The minimum atomic E-state index is -1.07. The molecule has 2 aromatic carbocycles. The summed E-state index contributed by atoms with van der Waals surface area (Å²) in [6, 6.07) is 7.73. The summed E-state index contributed by atoms with van der Waals surface area (Å²) < 4.78 is 31.4. The minimum Gasteiger partial charge on any atom is -0.491 e. The molecule has 0 heterocycles. The normalized spacial score (nSPS) is 10.3. The molecule has 0 fully saturated rings. The van der Waals surface area contributed by atoms with E-state index in [-0.39, 0.29) is 16.9 Å². The van der Waals surface area contributed by atoms with E-state index < -0.39 is 17.4 Å². The molecule has 0 aromatic heterocycles. The van der Waals surface area contributed by atoms with E-state index in [9.17, 15) is 13.6 Å². The Morgan fingerprint density at radius 1 is 1.20 bits per heavy atom. The molecular formula is C15H13F2NO2. The van der Waals surface area contributed by atoms with E-state index in [2.05, 4.69) is 0 Å². The van der Waals surface area contributed by atoms with Crippen LogP contribution in [0.1, 0.15) is 22.8 Å². The van der Waals surface area contributed by atoms with E-state index in [1.54, 1.807) is 19.1 Å². The Labute approximate surface area is 115 Å². The summed E-state index contributed by atoms with van der Waals surface area (Å²) in [5.41, 5.74) is 6.34. The molecule has 20 heavy (non-hydrogen) atoms. The van der Waals surface area contributed by atoms with E-state index in [4.69, 9.17) is 10.5 Å². The Morgan fingerprint density at radius 3 is 2.60 bits per heavy atom. The van der Waals surface area contributed by atoms with Gasteiger partial charge in [-0.3, -0.25) is 4.79 Å². The maximum atomic E-state index is 13.2. The van der Waals surface area contributed by atoms with Crippen LogP contribution in [-0.2, 0) is 0 Å². The van der Waals surface area contributed by atoms with Gasteiger partial charge in [0.25, 0.3) is 0 Å². The van der Waals surface area contributed by atoms with Crippen molar-refractivity contribution in [1.29, 1.82) is 0 Å². The molecule has 0 atom stereocenters. The van der Waals surface area contributed by atoms with Crippen LogP contribution in [0, 0.1) is 11.6 Å². The van der Waals surface area contributed by atoms with E-state index in [0.29, 0.717) is 12.3 Å². The van der Waals surface area contributed by atoms with E-state index in [1.165, 1.54) is 12.1 Å². The maximum Gasteiger partial charge on any atom is 0.196 e. The summed E-state index contributed by atoms with van der Waals surface area (Å²) in [7, 11) is 0. The average molecular weight is 277 g/mol. The Kier molecular flexibility index (Phi) is 3.98. The average Bonchev–Trinajstić information content (AvgIpc) is 2.43. The molecule has 2 N–H and O–H groups in total. The molecule has 104 valence electrons. The predicted octanol–water partition coefficient (Wildman–Crippen LogP) is 3.18. The lowest BCUT2D eigenvalue weighted by atomic mass is 10.0. The smallest absolute Gasteiger partial charge is 0.196 e. The second-order valence-corrected chi connectivity index (χ2v) is 4.11. The lowest BCUT2D eigenvalue weighted by molar-refractivity contribution is 0.103. The topological polar surface area (TPSA) is 52.3 Å². The fourth-order valence-electron chi connectivity index (χ4n) is 1.83. The lowest BCUT2D eigenvalue weighted by Gasteiger charge is -2.12. The van der Waals surface area contributed by atoms with Crippen molar-refractivity contribution < 1.29 is 18.3 Å². The van der Waals surface area contributed by atoms with Crippen LogP contribution < -0.4 is 10.5 Å². The third-order valence-corrected chi connectivity index (χ3v) is 2.76. The highest BCUT2D eigenvalue weighted by atomic mass is 19.2. The van der Waals surface area contributed by atoms with Gasteiger partial charge in [-0.25, -0.2) is 8.78 Å². The molecule has 0 radical (unpaired) electrons. The minimum absolute atomic E-state index is 0.0375. The standard InChI is InChI=1S/C15H13F2NO2/c1-2-20-15-10(4-3-5-13(15)18)14(19)9-6-7-11(16)12(17)8-9/h3-8H,2,18H2,1H3. The Morgan fingerprint density at radius 2 is 1.95 bits per heavy atom. The summed E-state index contributed by atoms with van der Waals surface area (Å²) in [5, 5.41) is 0. The van der Waals surface area contributed by atoms with Gasteiger partial charge in [0, 0.05) is 5.56 Å². The number of hydrogen-bond donors (Lipinski definition) is 1. The molecule has 0 amide bonds. The first kappa shape index (κ1) is 14.0. The molecule has 3 nitrogen and oxygen atoms in total. The number of ketones is 1. The monoisotopic (exact) mass is 277 g/mol. The number of hydrogen-bond acceptors (Lipinski definition) is 3. The summed E-state index contributed by atoms with van der Waals surface area (Å²) in [5.74, 6) is -2.29. The molecular weight excluding hydrogens is 264 g/mol. The van der Waals surface area contributed by atoms with Crippen molar-refractivity contribution >= 4 is 11.5 Å². The second-order valence-electron chi connectivity index (χ2n) is 4.11. The molecule has 5 heteroatoms. The van der Waals surface area contributed by atoms with Gasteiger partial charge in [-0.1, -0.05) is 6.07 Å². The third kappa shape index (κ3) is 2.61. The molecule has 2 aromatic rings. The summed E-state index contributed by atoms with van der Waals surface area (Å²) in [4.78, 5) is 12.3. The van der Waals surface area contributed by atoms with E-state index >= 15 is 0 Å². The van der Waals surface area contributed by atoms with Gasteiger partial charge in [-0.2, -0.15) is 0 Å². The van der Waals surface area contributed by atoms with Gasteiger partial charge in [-0.15, -0.1) is 0 Å². The number of para-hydroxylation sites is 1. The van der Waals surface area contributed by atoms with Crippen LogP contribution in [0.15, 0.2) is 36.4 Å². The highest BCUT2D eigenvalue weighted by Gasteiger charge is 2.18. The number of ether oxygens (including phenoxy) is 1. The number of carbonyl (C=O) groups is 1. The van der Waals surface area contributed by atoms with Gasteiger partial charge >= 0.3 is 0 Å². The molecule has 0 aliphatic carbocycles. The van der Waals surface area contributed by atoms with Crippen molar-refractivity contribution in [2.45, 2.75) is 6.92 Å². The summed E-state index contributed by atoms with van der Waals surface area (Å²) >= 11 is 0. The van der Waals surface area contributed by atoms with Crippen LogP contribution in [0.3, 0.4) is 0 Å². The number of nitrogens with two attached hydrogens (primary N) is 1. The van der Waals surface area contributed by atoms with Gasteiger partial charge in [-0.05, 0) is 37.3 Å². The molecule has 0 spiro atoms. The zero-order valence-electron chi connectivity index (χ0n) is 10.8. The number of anilines is 1. The van der Waals surface area contributed by atoms with Crippen LogP contribution in [0.2, 0.25) is 0 Å². The zero-order chi connectivity index (χ0) is 14.7. The van der Waals surface area contributed by atoms with Gasteiger partial charge < -0.3 is 10.5 Å². The molecule has 0 saturated carbocycles. The number of rotatable bonds is 4. The van der Waals surface area contributed by atoms with Crippen LogP contribution in [0.4, 0.5) is 14.5 Å². The van der Waals surface area contributed by atoms with Crippen molar-refractivity contribution in [3.05, 3.63) is 59.2 Å². The largest absolute Gasteiger partial charge is 0.491 e. The maximum absolute atomic E-state index is 13.2. The number of benzene rings is 2. The van der Waals surface area contributed by atoms with Crippen LogP contribution in [0.25, 0.3) is 0 Å². The Balaban J connectivity index is 2.47. The number of halogens is 2. The van der Waals surface area contributed by atoms with E-state index in [1.807, 2.05) is 0 Å². The van der Waals surface area contributed by atoms with Gasteiger partial charge in [0.1, 0.15) is 0 Å². The summed E-state index contributed by atoms with van der Waals surface area (Å²) in [6.45, 7) is 2.10. The Hall–Kier alpha value is -2.43. The van der Waals surface area contributed by atoms with Crippen LogP contribution in [0.5, 0.6) is 5.75 Å². The first-order valence-electron chi connectivity index (χ1n) is 6.05. The van der Waals surface area contributed by atoms with Crippen molar-refractivity contribution in [3.63, 3.8) is 0 Å². The zero-order valence-corrected chi connectivity index (χ0v) is 10.8. The fourth-order valence-corrected chi connectivity index (χ4v) is 1.83. The highest BCUT2D eigenvalue weighted by Crippen LogP contribution is 2.28. The molecule has 0 unspecified atom stereocenters. The molecule has 0 bridgehead atoms. The third-order valence-electron chi connectivity index (χ3n) is 2.76. The first-order chi connectivity index (χ1) is 9.54. The van der Waals surface area contributed by atoms with E-state index in [0.717, 1.165) is 12.1 Å². The quantitative estimate of drug-likeness (QED) is 0.689. The van der Waals surface area contributed by atoms with Gasteiger partial charge in [0.15, 0.2) is 23.2 Å². The van der Waals surface area contributed by atoms with Crippen molar-refractivity contribution in [1.82, 2.24) is 0 Å². The fraction of sp³-hybridized carbons (Fsp3) is 0.133. The van der Waals surface area contributed by atoms with Gasteiger partial charge in [0.2, 0.25) is 0 Å². The van der Waals surface area contributed by atoms with Crippen LogP contribution >= 0.6 is 0 Å². The SMILES string of the molecule is CCOc1c(N)cccc1C(=O)c1ccc(F)c(F)c1. The van der Waals surface area contributed by atoms with Crippen LogP contribution in [-0.4, -0.2) is 12.4 Å². The molecule has 2 rings (SSSR count).